The average Bonchev–Trinajstić information content (AvgIpc) is 3.03. The van der Waals surface area contributed by atoms with Crippen LogP contribution in [-0.4, -0.2) is 39.2 Å². The van der Waals surface area contributed by atoms with Gasteiger partial charge in [-0.1, -0.05) is 23.8 Å². The molecule has 0 bridgehead atoms. The normalized spacial score (nSPS) is 26.2. The van der Waals surface area contributed by atoms with Crippen LogP contribution in [0.4, 0.5) is 0 Å². The van der Waals surface area contributed by atoms with Crippen LogP contribution in [0.25, 0.3) is 0 Å². The molecule has 3 atom stereocenters. The minimum Gasteiger partial charge on any atom is -0.454 e. The molecule has 0 saturated heterocycles. The summed E-state index contributed by atoms with van der Waals surface area (Å²) >= 11 is 0. The number of hydrogen-bond donors (Lipinski definition) is 1. The molecule has 1 heterocycles. The van der Waals surface area contributed by atoms with Gasteiger partial charge in [0.1, 0.15) is 0 Å². The molecule has 4 rings (SSSR count). The fraction of sp³-hybridized carbons (Fsp3) is 0.400. The van der Waals surface area contributed by atoms with Crippen molar-refractivity contribution in [1.29, 1.82) is 0 Å². The molecule has 0 spiro atoms. The summed E-state index contributed by atoms with van der Waals surface area (Å²) in [4.78, 5) is 0.285. The number of fused-ring (bicyclic) bond motifs is 1. The van der Waals surface area contributed by atoms with Crippen LogP contribution in [-0.2, 0) is 14.6 Å². The first-order valence-electron chi connectivity index (χ1n) is 8.94. The van der Waals surface area contributed by atoms with Crippen LogP contribution in [0.15, 0.2) is 47.4 Å². The summed E-state index contributed by atoms with van der Waals surface area (Å²) in [5.41, 5.74) is 7.42. The third kappa shape index (κ3) is 2.99. The summed E-state index contributed by atoms with van der Waals surface area (Å²) in [6.45, 7) is 4.61. The van der Waals surface area contributed by atoms with Crippen molar-refractivity contribution in [2.24, 2.45) is 5.73 Å². The minimum absolute atomic E-state index is 0.168. The Kier molecular flexibility index (Phi) is 4.41. The quantitative estimate of drug-likeness (QED) is 0.816. The monoisotopic (exact) mass is 389 g/mol. The Labute approximate surface area is 159 Å². The van der Waals surface area contributed by atoms with Crippen LogP contribution in [0.1, 0.15) is 24.0 Å². The zero-order valence-corrected chi connectivity index (χ0v) is 16.2. The first-order chi connectivity index (χ1) is 12.9. The van der Waals surface area contributed by atoms with Crippen molar-refractivity contribution in [2.75, 3.05) is 20.0 Å². The van der Waals surface area contributed by atoms with Crippen molar-refractivity contribution in [1.82, 2.24) is 0 Å². The van der Waals surface area contributed by atoms with Crippen molar-refractivity contribution in [3.8, 4) is 11.5 Å². The molecule has 2 aliphatic rings. The second-order valence-electron chi connectivity index (χ2n) is 7.12. The molecule has 0 aromatic heterocycles. The molecule has 1 aliphatic heterocycles. The average molecular weight is 389 g/mol. The van der Waals surface area contributed by atoms with E-state index in [0.29, 0.717) is 18.1 Å². The van der Waals surface area contributed by atoms with Gasteiger partial charge in [0.2, 0.25) is 6.79 Å². The zero-order valence-electron chi connectivity index (χ0n) is 15.3. The molecule has 1 fully saturated rings. The summed E-state index contributed by atoms with van der Waals surface area (Å²) in [6, 6.07) is 12.4. The summed E-state index contributed by atoms with van der Waals surface area (Å²) in [5.74, 6) is 0.902. The lowest BCUT2D eigenvalue weighted by Gasteiger charge is -2.12. The standard InChI is InChI=1S/C20H23NO5S/c1-3-24-11-20(21)18(14-6-9-16-17(10-14)26-12-25-16)19(20)27(22,23)15-7-4-13(2)5-8-15/h4-10,18-19H,3,11-12,21H2,1-2H3/t18-,19+,20+/m1/s1. The summed E-state index contributed by atoms with van der Waals surface area (Å²) in [6.07, 6.45) is 0. The minimum atomic E-state index is -3.61. The van der Waals surface area contributed by atoms with Gasteiger partial charge in [0.15, 0.2) is 21.3 Å². The zero-order chi connectivity index (χ0) is 19.2. The SMILES string of the molecule is CCOC[C@]1(N)[C@H](c2ccc3c(c2)OCO3)[C@@H]1S(=O)(=O)c1ccc(C)cc1. The van der Waals surface area contributed by atoms with Gasteiger partial charge in [0.05, 0.1) is 22.3 Å². The smallest absolute Gasteiger partial charge is 0.231 e. The van der Waals surface area contributed by atoms with Crippen molar-refractivity contribution >= 4 is 9.84 Å². The number of benzene rings is 2. The van der Waals surface area contributed by atoms with Gasteiger partial charge in [-0.05, 0) is 43.7 Å². The van der Waals surface area contributed by atoms with E-state index < -0.39 is 20.6 Å². The third-order valence-electron chi connectivity index (χ3n) is 5.30. The first kappa shape index (κ1) is 18.3. The maximum absolute atomic E-state index is 13.3. The molecular formula is C20H23NO5S. The molecule has 1 saturated carbocycles. The topological polar surface area (TPSA) is 87.8 Å². The predicted octanol–water partition coefficient (Wildman–Crippen LogP) is 2.40. The Morgan fingerprint density at radius 1 is 1.15 bits per heavy atom. The lowest BCUT2D eigenvalue weighted by Crippen LogP contribution is -2.36. The molecule has 0 unspecified atom stereocenters. The third-order valence-corrected chi connectivity index (χ3v) is 7.61. The lowest BCUT2D eigenvalue weighted by molar-refractivity contribution is 0.125. The lowest BCUT2D eigenvalue weighted by atomic mass is 10.1. The van der Waals surface area contributed by atoms with E-state index >= 15 is 0 Å². The Bertz CT molecular complexity index is 957. The Hall–Kier alpha value is -2.09. The molecule has 2 aromatic rings. The fourth-order valence-electron chi connectivity index (χ4n) is 3.81. The van der Waals surface area contributed by atoms with Crippen LogP contribution in [0, 0.1) is 6.92 Å². The molecule has 2 aromatic carbocycles. The fourth-order valence-corrected chi connectivity index (χ4v) is 6.10. The maximum Gasteiger partial charge on any atom is 0.231 e. The molecular weight excluding hydrogens is 366 g/mol. The second-order valence-corrected chi connectivity index (χ2v) is 9.19. The number of aryl methyl sites for hydroxylation is 1. The van der Waals surface area contributed by atoms with E-state index in [1.165, 1.54) is 0 Å². The van der Waals surface area contributed by atoms with E-state index in [1.54, 1.807) is 30.3 Å². The number of nitrogens with two attached hydrogens (primary N) is 1. The molecule has 2 N–H and O–H groups in total. The highest BCUT2D eigenvalue weighted by Crippen LogP contribution is 2.56. The molecule has 27 heavy (non-hydrogen) atoms. The van der Waals surface area contributed by atoms with E-state index in [9.17, 15) is 8.42 Å². The summed E-state index contributed by atoms with van der Waals surface area (Å²) < 4.78 is 43.0. The summed E-state index contributed by atoms with van der Waals surface area (Å²) in [7, 11) is -3.61. The van der Waals surface area contributed by atoms with Crippen molar-refractivity contribution in [3.05, 3.63) is 53.6 Å². The van der Waals surface area contributed by atoms with Crippen molar-refractivity contribution < 1.29 is 22.6 Å². The summed E-state index contributed by atoms with van der Waals surface area (Å²) in [5, 5.41) is -0.750. The second kappa shape index (κ2) is 6.51. The van der Waals surface area contributed by atoms with Crippen LogP contribution >= 0.6 is 0 Å². The Morgan fingerprint density at radius 3 is 2.56 bits per heavy atom. The first-order valence-corrected chi connectivity index (χ1v) is 10.5. The van der Waals surface area contributed by atoms with E-state index in [4.69, 9.17) is 19.9 Å². The van der Waals surface area contributed by atoms with Gasteiger partial charge in [-0.15, -0.1) is 0 Å². The van der Waals surface area contributed by atoms with Crippen LogP contribution in [0.2, 0.25) is 0 Å². The highest BCUT2D eigenvalue weighted by atomic mass is 32.2. The number of sulfone groups is 1. The van der Waals surface area contributed by atoms with Crippen LogP contribution < -0.4 is 15.2 Å². The van der Waals surface area contributed by atoms with Gasteiger partial charge in [-0.2, -0.15) is 0 Å². The number of rotatable bonds is 6. The molecule has 1 aliphatic carbocycles. The maximum atomic E-state index is 13.3. The highest BCUT2D eigenvalue weighted by Gasteiger charge is 2.69. The largest absolute Gasteiger partial charge is 0.454 e. The van der Waals surface area contributed by atoms with E-state index in [-0.39, 0.29) is 24.2 Å². The molecule has 144 valence electrons. The van der Waals surface area contributed by atoms with Crippen LogP contribution in [0.5, 0.6) is 11.5 Å². The van der Waals surface area contributed by atoms with E-state index in [2.05, 4.69) is 0 Å². The highest BCUT2D eigenvalue weighted by molar-refractivity contribution is 7.92. The van der Waals surface area contributed by atoms with Gasteiger partial charge in [-0.3, -0.25) is 0 Å². The number of hydrogen-bond acceptors (Lipinski definition) is 6. The molecule has 0 radical (unpaired) electrons. The Morgan fingerprint density at radius 2 is 1.85 bits per heavy atom. The van der Waals surface area contributed by atoms with Gasteiger partial charge in [0.25, 0.3) is 0 Å². The van der Waals surface area contributed by atoms with Crippen molar-refractivity contribution in [2.45, 2.75) is 35.4 Å². The van der Waals surface area contributed by atoms with Gasteiger partial charge in [-0.25, -0.2) is 8.42 Å². The van der Waals surface area contributed by atoms with E-state index in [1.807, 2.05) is 26.0 Å². The number of ether oxygens (including phenoxy) is 3. The van der Waals surface area contributed by atoms with Crippen LogP contribution in [0.3, 0.4) is 0 Å². The Balaban J connectivity index is 1.72. The molecule has 7 heteroatoms. The van der Waals surface area contributed by atoms with E-state index in [0.717, 1.165) is 11.1 Å². The predicted molar refractivity (Wildman–Crippen MR) is 101 cm³/mol. The van der Waals surface area contributed by atoms with Crippen molar-refractivity contribution in [3.63, 3.8) is 0 Å². The van der Waals surface area contributed by atoms with Gasteiger partial charge < -0.3 is 19.9 Å². The van der Waals surface area contributed by atoms with Gasteiger partial charge >= 0.3 is 0 Å². The van der Waals surface area contributed by atoms with Gasteiger partial charge in [0, 0.05) is 12.5 Å². The molecule has 6 nitrogen and oxygen atoms in total. The molecule has 0 amide bonds.